The number of hydrogen-bond acceptors (Lipinski definition) is 5. The molecule has 2 heterocycles. The topological polar surface area (TPSA) is 96.6 Å². The summed E-state index contributed by atoms with van der Waals surface area (Å²) in [6.07, 6.45) is 0.602. The van der Waals surface area contributed by atoms with Crippen LogP contribution in [0, 0.1) is 0 Å². The van der Waals surface area contributed by atoms with Crippen LogP contribution in [0.2, 0.25) is 0 Å². The summed E-state index contributed by atoms with van der Waals surface area (Å²) in [6.45, 7) is 6.59. The molecule has 0 aliphatic carbocycles. The molecular formula is C17H20N4O3. The van der Waals surface area contributed by atoms with Crippen molar-refractivity contribution in [2.24, 2.45) is 5.10 Å². The first-order valence-corrected chi connectivity index (χ1v) is 7.86. The van der Waals surface area contributed by atoms with Crippen LogP contribution in [0.1, 0.15) is 45.1 Å². The van der Waals surface area contributed by atoms with Crippen molar-refractivity contribution in [1.82, 2.24) is 15.7 Å². The normalized spacial score (nSPS) is 15.1. The van der Waals surface area contributed by atoms with Crippen molar-refractivity contribution in [3.05, 3.63) is 29.7 Å². The first-order chi connectivity index (χ1) is 11.3. The number of hydrogen-bond donors (Lipinski definition) is 2. The Labute approximate surface area is 139 Å². The second-order valence-electron chi connectivity index (χ2n) is 6.82. The number of carbonyl (C=O) groups is 2. The standard InChI is InChI=1S/C17H20N4O3/c1-17(2,3)10-4-6-13-12(8-10)19-15(24-13)9-18-16(23)11-5-7-14(22)21-20-11/h4,6,8H,5,7,9H2,1-3H3,(H,18,23)(H,21,22). The Morgan fingerprint density at radius 1 is 1.33 bits per heavy atom. The van der Waals surface area contributed by atoms with Gasteiger partial charge in [-0.05, 0) is 23.1 Å². The van der Waals surface area contributed by atoms with Gasteiger partial charge in [-0.2, -0.15) is 5.10 Å². The van der Waals surface area contributed by atoms with Gasteiger partial charge in [0.2, 0.25) is 11.8 Å². The van der Waals surface area contributed by atoms with Crippen molar-refractivity contribution >= 4 is 28.6 Å². The first kappa shape index (κ1) is 16.2. The number of rotatable bonds is 3. The molecule has 2 N–H and O–H groups in total. The van der Waals surface area contributed by atoms with Crippen LogP contribution in [-0.2, 0) is 21.5 Å². The van der Waals surface area contributed by atoms with Crippen molar-refractivity contribution in [3.8, 4) is 0 Å². The van der Waals surface area contributed by atoms with Crippen molar-refractivity contribution in [3.63, 3.8) is 0 Å². The van der Waals surface area contributed by atoms with Gasteiger partial charge in [-0.25, -0.2) is 10.4 Å². The molecule has 3 rings (SSSR count). The van der Waals surface area contributed by atoms with E-state index in [1.165, 1.54) is 5.56 Å². The molecule has 1 aromatic carbocycles. The summed E-state index contributed by atoms with van der Waals surface area (Å²) in [5, 5.41) is 6.47. The fourth-order valence-electron chi connectivity index (χ4n) is 2.41. The van der Waals surface area contributed by atoms with Gasteiger partial charge in [0.05, 0.1) is 6.54 Å². The first-order valence-electron chi connectivity index (χ1n) is 7.86. The monoisotopic (exact) mass is 328 g/mol. The molecular weight excluding hydrogens is 308 g/mol. The highest BCUT2D eigenvalue weighted by Crippen LogP contribution is 2.26. The van der Waals surface area contributed by atoms with E-state index in [1.807, 2.05) is 18.2 Å². The zero-order valence-electron chi connectivity index (χ0n) is 14.0. The Morgan fingerprint density at radius 2 is 2.12 bits per heavy atom. The second kappa shape index (κ2) is 6.07. The lowest BCUT2D eigenvalue weighted by molar-refractivity contribution is -0.121. The molecule has 126 valence electrons. The summed E-state index contributed by atoms with van der Waals surface area (Å²) < 4.78 is 5.66. The van der Waals surface area contributed by atoms with E-state index in [9.17, 15) is 9.59 Å². The van der Waals surface area contributed by atoms with Gasteiger partial charge >= 0.3 is 0 Å². The summed E-state index contributed by atoms with van der Waals surface area (Å²) in [5.41, 5.74) is 5.28. The SMILES string of the molecule is CC(C)(C)c1ccc2oc(CNC(=O)C3=NNC(=O)CC3)nc2c1. The molecule has 0 spiro atoms. The van der Waals surface area contributed by atoms with E-state index in [0.29, 0.717) is 23.6 Å². The Balaban J connectivity index is 1.69. The Hall–Kier alpha value is -2.70. The average Bonchev–Trinajstić information content (AvgIpc) is 2.94. The number of benzene rings is 1. The smallest absolute Gasteiger partial charge is 0.267 e. The number of carbonyl (C=O) groups excluding carboxylic acids is 2. The van der Waals surface area contributed by atoms with Gasteiger partial charge in [0, 0.05) is 12.8 Å². The molecule has 0 unspecified atom stereocenters. The Morgan fingerprint density at radius 3 is 2.79 bits per heavy atom. The van der Waals surface area contributed by atoms with Crippen LogP contribution < -0.4 is 10.7 Å². The number of fused-ring (bicyclic) bond motifs is 1. The highest BCUT2D eigenvalue weighted by atomic mass is 16.3. The van der Waals surface area contributed by atoms with Gasteiger partial charge < -0.3 is 9.73 Å². The molecule has 7 nitrogen and oxygen atoms in total. The van der Waals surface area contributed by atoms with Gasteiger partial charge in [0.25, 0.3) is 5.91 Å². The molecule has 0 bridgehead atoms. The number of nitrogens with one attached hydrogen (secondary N) is 2. The number of nitrogens with zero attached hydrogens (tertiary/aromatic N) is 2. The maximum Gasteiger partial charge on any atom is 0.267 e. The van der Waals surface area contributed by atoms with Crippen molar-refractivity contribution in [2.45, 2.75) is 45.6 Å². The fraction of sp³-hybridized carbons (Fsp3) is 0.412. The molecule has 0 radical (unpaired) electrons. The molecule has 1 aliphatic rings. The van der Waals surface area contributed by atoms with Crippen LogP contribution in [0.15, 0.2) is 27.7 Å². The highest BCUT2D eigenvalue weighted by Gasteiger charge is 2.19. The minimum atomic E-state index is -0.326. The third kappa shape index (κ3) is 3.45. The lowest BCUT2D eigenvalue weighted by Crippen LogP contribution is -2.36. The van der Waals surface area contributed by atoms with E-state index in [4.69, 9.17) is 4.42 Å². The molecule has 7 heteroatoms. The molecule has 1 aliphatic heterocycles. The minimum Gasteiger partial charge on any atom is -0.439 e. The molecule has 2 aromatic rings. The molecule has 0 atom stereocenters. The second-order valence-corrected chi connectivity index (χ2v) is 6.82. The Bertz CT molecular complexity index is 830. The van der Waals surface area contributed by atoms with Gasteiger partial charge in [0.1, 0.15) is 11.2 Å². The van der Waals surface area contributed by atoms with Crippen molar-refractivity contribution in [2.75, 3.05) is 0 Å². The maximum absolute atomic E-state index is 12.0. The summed E-state index contributed by atoms with van der Waals surface area (Å²) in [5.74, 6) is -0.0716. The van der Waals surface area contributed by atoms with Gasteiger partial charge in [-0.15, -0.1) is 0 Å². The third-order valence-corrected chi connectivity index (χ3v) is 3.86. The summed E-state index contributed by atoms with van der Waals surface area (Å²) in [4.78, 5) is 27.5. The number of hydrazone groups is 1. The van der Waals surface area contributed by atoms with E-state index < -0.39 is 0 Å². The van der Waals surface area contributed by atoms with E-state index in [-0.39, 0.29) is 30.2 Å². The van der Waals surface area contributed by atoms with E-state index in [1.54, 1.807) is 0 Å². The number of oxazole rings is 1. The van der Waals surface area contributed by atoms with Crippen LogP contribution in [0.25, 0.3) is 11.1 Å². The molecule has 24 heavy (non-hydrogen) atoms. The fourth-order valence-corrected chi connectivity index (χ4v) is 2.41. The molecule has 0 saturated carbocycles. The number of amides is 2. The van der Waals surface area contributed by atoms with Gasteiger partial charge in [-0.3, -0.25) is 9.59 Å². The van der Waals surface area contributed by atoms with Gasteiger partial charge in [0.15, 0.2) is 5.58 Å². The van der Waals surface area contributed by atoms with Crippen molar-refractivity contribution < 1.29 is 14.0 Å². The average molecular weight is 328 g/mol. The van der Waals surface area contributed by atoms with E-state index >= 15 is 0 Å². The zero-order valence-corrected chi connectivity index (χ0v) is 14.0. The molecule has 1 aromatic heterocycles. The minimum absolute atomic E-state index is 0.0328. The van der Waals surface area contributed by atoms with E-state index in [2.05, 4.69) is 41.6 Å². The van der Waals surface area contributed by atoms with Gasteiger partial charge in [-0.1, -0.05) is 26.8 Å². The summed E-state index contributed by atoms with van der Waals surface area (Å²) in [6, 6.07) is 5.93. The van der Waals surface area contributed by atoms with E-state index in [0.717, 1.165) is 5.52 Å². The van der Waals surface area contributed by atoms with Crippen LogP contribution in [-0.4, -0.2) is 22.5 Å². The lowest BCUT2D eigenvalue weighted by Gasteiger charge is -2.18. The van der Waals surface area contributed by atoms with Crippen LogP contribution >= 0.6 is 0 Å². The summed E-state index contributed by atoms with van der Waals surface area (Å²) in [7, 11) is 0. The molecule has 2 amide bonds. The third-order valence-electron chi connectivity index (χ3n) is 3.86. The zero-order chi connectivity index (χ0) is 17.3. The molecule has 0 fully saturated rings. The van der Waals surface area contributed by atoms with Crippen LogP contribution in [0.5, 0.6) is 0 Å². The maximum atomic E-state index is 12.0. The quantitative estimate of drug-likeness (QED) is 0.900. The predicted octanol–water partition coefficient (Wildman–Crippen LogP) is 2.01. The lowest BCUT2D eigenvalue weighted by atomic mass is 9.87. The largest absolute Gasteiger partial charge is 0.439 e. The molecule has 0 saturated heterocycles. The predicted molar refractivity (Wildman–Crippen MR) is 89.4 cm³/mol. The van der Waals surface area contributed by atoms with Crippen LogP contribution in [0.3, 0.4) is 0 Å². The van der Waals surface area contributed by atoms with Crippen LogP contribution in [0.4, 0.5) is 0 Å². The number of aromatic nitrogens is 1. The summed E-state index contributed by atoms with van der Waals surface area (Å²) >= 11 is 0. The van der Waals surface area contributed by atoms with Crippen molar-refractivity contribution in [1.29, 1.82) is 0 Å². The highest BCUT2D eigenvalue weighted by molar-refractivity contribution is 6.39. The Kier molecular flexibility index (Phi) is 4.09.